The number of amides is 1. The first-order chi connectivity index (χ1) is 15.6. The highest BCUT2D eigenvalue weighted by Gasteiger charge is 2.52. The van der Waals surface area contributed by atoms with E-state index in [0.29, 0.717) is 6.42 Å². The highest BCUT2D eigenvalue weighted by Crippen LogP contribution is 2.33. The quantitative estimate of drug-likeness (QED) is 0.313. The molecule has 1 amide bonds. The molecule has 0 spiro atoms. The maximum absolute atomic E-state index is 12.8. The molecule has 33 heavy (non-hydrogen) atoms. The van der Waals surface area contributed by atoms with Crippen LogP contribution in [0.5, 0.6) is 0 Å². The van der Waals surface area contributed by atoms with Crippen LogP contribution in [-0.2, 0) is 44.7 Å². The standard InChI is InChI=1S/C24H31NO8/c1-6-10-20-22(25(15(2)26)13-19-11-8-7-9-12-19)24(32-18(5)29)23(31-17(4)28)21(33-20)14-30-16(3)27/h6-9,11-12,20-24H,1,10,13-14H2,2-5H3/t20-,21-,22+,23+,24?/m1/s1. The number of hydrogen-bond acceptors (Lipinski definition) is 8. The predicted octanol–water partition coefficient (Wildman–Crippen LogP) is 2.17. The van der Waals surface area contributed by atoms with Crippen molar-refractivity contribution in [2.75, 3.05) is 6.61 Å². The lowest BCUT2D eigenvalue weighted by atomic mass is 9.89. The van der Waals surface area contributed by atoms with Crippen molar-refractivity contribution >= 4 is 23.8 Å². The lowest BCUT2D eigenvalue weighted by Gasteiger charge is -2.49. The summed E-state index contributed by atoms with van der Waals surface area (Å²) in [4.78, 5) is 49.7. The van der Waals surface area contributed by atoms with E-state index in [1.165, 1.54) is 32.6 Å². The Bertz CT molecular complexity index is 855. The van der Waals surface area contributed by atoms with Crippen molar-refractivity contribution in [3.05, 3.63) is 48.6 Å². The van der Waals surface area contributed by atoms with Gasteiger partial charge in [0.1, 0.15) is 12.7 Å². The third-order valence-corrected chi connectivity index (χ3v) is 5.17. The van der Waals surface area contributed by atoms with Crippen molar-refractivity contribution < 1.29 is 38.1 Å². The first kappa shape index (κ1) is 26.1. The molecule has 5 atom stereocenters. The molecule has 1 aliphatic heterocycles. The van der Waals surface area contributed by atoms with E-state index in [0.717, 1.165) is 5.56 Å². The maximum atomic E-state index is 12.8. The molecule has 0 saturated carbocycles. The molecule has 1 fully saturated rings. The molecule has 180 valence electrons. The Labute approximate surface area is 193 Å². The second-order valence-electron chi connectivity index (χ2n) is 7.81. The average Bonchev–Trinajstić information content (AvgIpc) is 2.73. The van der Waals surface area contributed by atoms with Gasteiger partial charge >= 0.3 is 17.9 Å². The molecule has 1 unspecified atom stereocenters. The molecule has 1 heterocycles. The van der Waals surface area contributed by atoms with Crippen LogP contribution in [0.25, 0.3) is 0 Å². The van der Waals surface area contributed by atoms with Crippen LogP contribution in [-0.4, -0.2) is 65.8 Å². The van der Waals surface area contributed by atoms with Gasteiger partial charge in [-0.15, -0.1) is 6.58 Å². The topological polar surface area (TPSA) is 108 Å². The van der Waals surface area contributed by atoms with Gasteiger partial charge in [0.05, 0.1) is 12.1 Å². The van der Waals surface area contributed by atoms with Gasteiger partial charge in [-0.2, -0.15) is 0 Å². The number of ether oxygens (including phenoxy) is 4. The highest BCUT2D eigenvalue weighted by molar-refractivity contribution is 5.74. The Morgan fingerprint density at radius 2 is 1.55 bits per heavy atom. The molecule has 0 bridgehead atoms. The summed E-state index contributed by atoms with van der Waals surface area (Å²) in [6, 6.07) is 8.53. The maximum Gasteiger partial charge on any atom is 0.303 e. The molecule has 9 nitrogen and oxygen atoms in total. The SMILES string of the molecule is C=CC[C@H]1O[C@H](COC(C)=O)[C@H](OC(C)=O)C(OC(C)=O)[C@H]1N(Cc1ccccc1)C(C)=O. The van der Waals surface area contributed by atoms with Gasteiger partial charge in [0.25, 0.3) is 0 Å². The van der Waals surface area contributed by atoms with E-state index in [-0.39, 0.29) is 19.1 Å². The van der Waals surface area contributed by atoms with Gasteiger partial charge in [-0.25, -0.2) is 0 Å². The molecule has 1 aromatic rings. The molecule has 0 aromatic heterocycles. The normalized spacial score (nSPS) is 24.3. The zero-order valence-electron chi connectivity index (χ0n) is 19.4. The number of nitrogens with zero attached hydrogens (tertiary/aromatic N) is 1. The van der Waals surface area contributed by atoms with Gasteiger partial charge in [-0.05, 0) is 12.0 Å². The zero-order chi connectivity index (χ0) is 24.5. The minimum Gasteiger partial charge on any atom is -0.463 e. The first-order valence-electron chi connectivity index (χ1n) is 10.7. The number of carbonyl (C=O) groups excluding carboxylic acids is 4. The molecule has 1 aromatic carbocycles. The second-order valence-corrected chi connectivity index (χ2v) is 7.81. The van der Waals surface area contributed by atoms with E-state index in [1.54, 1.807) is 6.08 Å². The van der Waals surface area contributed by atoms with Crippen LogP contribution in [0, 0.1) is 0 Å². The lowest BCUT2D eigenvalue weighted by Crippen LogP contribution is -2.66. The van der Waals surface area contributed by atoms with Gasteiger partial charge in [-0.3, -0.25) is 19.2 Å². The van der Waals surface area contributed by atoms with E-state index in [1.807, 2.05) is 30.3 Å². The molecule has 1 aliphatic rings. The van der Waals surface area contributed by atoms with Crippen molar-refractivity contribution in [3.63, 3.8) is 0 Å². The molecule has 0 aliphatic carbocycles. The summed E-state index contributed by atoms with van der Waals surface area (Å²) in [5.41, 5.74) is 0.859. The van der Waals surface area contributed by atoms with Gasteiger partial charge in [0.2, 0.25) is 5.91 Å². The van der Waals surface area contributed by atoms with E-state index in [9.17, 15) is 19.2 Å². The fourth-order valence-electron chi connectivity index (χ4n) is 3.94. The summed E-state index contributed by atoms with van der Waals surface area (Å²) in [6.07, 6.45) is -1.80. The third-order valence-electron chi connectivity index (χ3n) is 5.17. The molecule has 9 heteroatoms. The number of hydrogen-bond donors (Lipinski definition) is 0. The van der Waals surface area contributed by atoms with Crippen molar-refractivity contribution in [2.45, 2.75) is 71.1 Å². The minimum atomic E-state index is -1.10. The van der Waals surface area contributed by atoms with E-state index < -0.39 is 48.4 Å². The number of rotatable bonds is 9. The van der Waals surface area contributed by atoms with Gasteiger partial charge in [-0.1, -0.05) is 36.4 Å². The Kier molecular flexibility index (Phi) is 9.59. The first-order valence-corrected chi connectivity index (χ1v) is 10.7. The molecule has 2 rings (SSSR count). The molecular weight excluding hydrogens is 430 g/mol. The van der Waals surface area contributed by atoms with Crippen molar-refractivity contribution in [2.24, 2.45) is 0 Å². The van der Waals surface area contributed by atoms with E-state index in [4.69, 9.17) is 18.9 Å². The monoisotopic (exact) mass is 461 g/mol. The number of carbonyl (C=O) groups is 4. The van der Waals surface area contributed by atoms with Crippen LogP contribution in [0.1, 0.15) is 39.7 Å². The Hall–Kier alpha value is -3.20. The molecule has 0 radical (unpaired) electrons. The largest absolute Gasteiger partial charge is 0.463 e. The number of esters is 3. The number of benzene rings is 1. The fourth-order valence-corrected chi connectivity index (χ4v) is 3.94. The van der Waals surface area contributed by atoms with Crippen molar-refractivity contribution in [3.8, 4) is 0 Å². The fraction of sp³-hybridized carbons (Fsp3) is 0.500. The molecule has 1 saturated heterocycles. The van der Waals surface area contributed by atoms with Crippen LogP contribution in [0.2, 0.25) is 0 Å². The summed E-state index contributed by atoms with van der Waals surface area (Å²) >= 11 is 0. The Morgan fingerprint density at radius 3 is 2.06 bits per heavy atom. The van der Waals surface area contributed by atoms with Crippen LogP contribution < -0.4 is 0 Å². The van der Waals surface area contributed by atoms with Crippen LogP contribution in [0.3, 0.4) is 0 Å². The molecular formula is C24H31NO8. The summed E-state index contributed by atoms with van der Waals surface area (Å²) in [5.74, 6) is -2.07. The predicted molar refractivity (Wildman–Crippen MR) is 118 cm³/mol. The smallest absolute Gasteiger partial charge is 0.303 e. The van der Waals surface area contributed by atoms with Gasteiger partial charge in [0.15, 0.2) is 12.2 Å². The second kappa shape index (κ2) is 12.2. The average molecular weight is 462 g/mol. The van der Waals surface area contributed by atoms with E-state index in [2.05, 4.69) is 6.58 Å². The van der Waals surface area contributed by atoms with Crippen molar-refractivity contribution in [1.29, 1.82) is 0 Å². The summed E-state index contributed by atoms with van der Waals surface area (Å²) in [6.45, 7) is 8.87. The van der Waals surface area contributed by atoms with Gasteiger partial charge in [0, 0.05) is 34.2 Å². The van der Waals surface area contributed by atoms with Crippen LogP contribution >= 0.6 is 0 Å². The lowest BCUT2D eigenvalue weighted by molar-refractivity contribution is -0.235. The van der Waals surface area contributed by atoms with Crippen LogP contribution in [0.4, 0.5) is 0 Å². The molecule has 0 N–H and O–H groups in total. The van der Waals surface area contributed by atoms with Crippen molar-refractivity contribution in [1.82, 2.24) is 4.90 Å². The Morgan fingerprint density at radius 1 is 0.939 bits per heavy atom. The summed E-state index contributed by atoms with van der Waals surface area (Å²) < 4.78 is 22.4. The summed E-state index contributed by atoms with van der Waals surface area (Å²) in [5, 5.41) is 0. The highest BCUT2D eigenvalue weighted by atomic mass is 16.6. The third kappa shape index (κ3) is 7.42. The minimum absolute atomic E-state index is 0.218. The van der Waals surface area contributed by atoms with Crippen LogP contribution in [0.15, 0.2) is 43.0 Å². The Balaban J connectivity index is 2.54. The van der Waals surface area contributed by atoms with Gasteiger partial charge < -0.3 is 23.8 Å². The summed E-state index contributed by atoms with van der Waals surface area (Å²) in [7, 11) is 0. The zero-order valence-corrected chi connectivity index (χ0v) is 19.4. The van der Waals surface area contributed by atoms with E-state index >= 15 is 0 Å².